The van der Waals surface area contributed by atoms with Gasteiger partial charge >= 0.3 is 0 Å². The van der Waals surface area contributed by atoms with Crippen molar-refractivity contribution in [1.29, 1.82) is 0 Å². The molecule has 0 aromatic carbocycles. The van der Waals surface area contributed by atoms with Gasteiger partial charge in [-0.3, -0.25) is 0 Å². The fourth-order valence-electron chi connectivity index (χ4n) is 0.861. The number of rotatable bonds is 0. The van der Waals surface area contributed by atoms with Crippen LogP contribution in [-0.2, 0) is 4.74 Å². The Morgan fingerprint density at radius 3 is 2.92 bits per heavy atom. The molecule has 0 aliphatic carbocycles. The predicted octanol–water partition coefficient (Wildman–Crippen LogP) is 2.19. The molecule has 0 saturated heterocycles. The third kappa shape index (κ3) is 3.14. The monoisotopic (exact) mass is 168 g/mol. The van der Waals surface area contributed by atoms with Crippen LogP contribution in [-0.4, -0.2) is 16.8 Å². The van der Waals surface area contributed by atoms with Crippen molar-refractivity contribution in [3.05, 3.63) is 36.0 Å². The van der Waals surface area contributed by atoms with Crippen LogP contribution in [0.25, 0.3) is 0 Å². The zero-order valence-electron chi connectivity index (χ0n) is 6.73. The molecule has 12 heavy (non-hydrogen) atoms. The highest BCUT2D eigenvalue weighted by Crippen LogP contribution is 2.04. The van der Waals surface area contributed by atoms with Crippen LogP contribution in [0.2, 0.25) is 0 Å². The summed E-state index contributed by atoms with van der Waals surface area (Å²) in [6, 6.07) is 0. The Morgan fingerprint density at radius 2 is 2.08 bits per heavy atom. The minimum Gasteiger partial charge on any atom is -0.508 e. The molecule has 0 amide bonds. The van der Waals surface area contributed by atoms with E-state index >= 15 is 0 Å². The Bertz CT molecular complexity index is 226. The van der Waals surface area contributed by atoms with Gasteiger partial charge in [0.2, 0.25) is 0 Å². The van der Waals surface area contributed by atoms with Gasteiger partial charge in [0.1, 0.15) is 11.5 Å². The summed E-state index contributed by atoms with van der Waals surface area (Å²) in [7, 11) is 0. The maximum absolute atomic E-state index is 9.15. The van der Waals surface area contributed by atoms with Crippen molar-refractivity contribution in [2.24, 2.45) is 0 Å². The van der Waals surface area contributed by atoms with Crippen LogP contribution in [0.1, 0.15) is 12.8 Å². The van der Waals surface area contributed by atoms with Crippen molar-refractivity contribution < 1.29 is 14.9 Å². The lowest BCUT2D eigenvalue weighted by atomic mass is 10.2. The molecule has 0 spiro atoms. The van der Waals surface area contributed by atoms with Gasteiger partial charge in [-0.15, -0.1) is 0 Å². The molecule has 0 aromatic rings. The van der Waals surface area contributed by atoms with Gasteiger partial charge in [0.05, 0.1) is 12.9 Å². The minimum absolute atomic E-state index is 0.00866. The second-order valence-electron chi connectivity index (χ2n) is 2.51. The molecule has 66 valence electrons. The summed E-state index contributed by atoms with van der Waals surface area (Å²) in [4.78, 5) is 0. The molecule has 2 N–H and O–H groups in total. The molecule has 0 unspecified atom stereocenters. The zero-order chi connectivity index (χ0) is 8.81. The van der Waals surface area contributed by atoms with E-state index < -0.39 is 0 Å². The molecule has 0 radical (unpaired) electrons. The predicted molar refractivity (Wildman–Crippen MR) is 45.7 cm³/mol. The summed E-state index contributed by atoms with van der Waals surface area (Å²) >= 11 is 0. The zero-order valence-corrected chi connectivity index (χ0v) is 6.73. The minimum atomic E-state index is -0.00866. The molecule has 0 atom stereocenters. The summed E-state index contributed by atoms with van der Waals surface area (Å²) < 4.78 is 5.02. The quantitative estimate of drug-likeness (QED) is 0.583. The maximum atomic E-state index is 9.15. The highest BCUT2D eigenvalue weighted by atomic mass is 16.5. The summed E-state index contributed by atoms with van der Waals surface area (Å²) in [5.74, 6) is 0.0877. The Morgan fingerprint density at radius 1 is 1.25 bits per heavy atom. The average molecular weight is 168 g/mol. The van der Waals surface area contributed by atoms with Gasteiger partial charge in [-0.1, -0.05) is 0 Å². The van der Waals surface area contributed by atoms with E-state index in [2.05, 4.69) is 0 Å². The summed E-state index contributed by atoms with van der Waals surface area (Å²) in [6.07, 6.45) is 7.37. The van der Waals surface area contributed by atoms with Crippen LogP contribution in [0.15, 0.2) is 36.0 Å². The molecular weight excluding hydrogens is 156 g/mol. The van der Waals surface area contributed by atoms with E-state index in [1.165, 1.54) is 18.4 Å². The molecule has 0 fully saturated rings. The first-order chi connectivity index (χ1) is 5.79. The first-order valence-electron chi connectivity index (χ1n) is 3.87. The number of aliphatic hydroxyl groups excluding tert-OH is 2. The average Bonchev–Trinajstić information content (AvgIpc) is 2.02. The van der Waals surface area contributed by atoms with E-state index in [-0.39, 0.29) is 11.5 Å². The van der Waals surface area contributed by atoms with Crippen molar-refractivity contribution in [2.45, 2.75) is 12.8 Å². The Hall–Kier alpha value is -1.38. The van der Waals surface area contributed by atoms with Crippen molar-refractivity contribution >= 4 is 0 Å². The van der Waals surface area contributed by atoms with Crippen molar-refractivity contribution in [3.63, 3.8) is 0 Å². The standard InChI is InChI=1S/C9H12O3/c10-8-3-1-2-5-12-6-4-9(11)7-8/h3-4,6-7,10-11H,1-2,5H2/b6-4+,8-3?,9-7?. The van der Waals surface area contributed by atoms with E-state index in [0.717, 1.165) is 12.8 Å². The third-order valence-corrected chi connectivity index (χ3v) is 1.45. The molecule has 1 aliphatic rings. The van der Waals surface area contributed by atoms with E-state index in [0.29, 0.717) is 6.61 Å². The second kappa shape index (κ2) is 4.49. The normalized spacial score (nSPS) is 21.7. The number of aliphatic hydroxyl groups is 2. The number of hydrogen-bond donors (Lipinski definition) is 2. The molecule has 0 saturated carbocycles. The molecule has 0 bridgehead atoms. The van der Waals surface area contributed by atoms with Crippen molar-refractivity contribution in [3.8, 4) is 0 Å². The molecular formula is C9H12O3. The fourth-order valence-corrected chi connectivity index (χ4v) is 0.861. The van der Waals surface area contributed by atoms with Gasteiger partial charge in [-0.2, -0.15) is 0 Å². The summed E-state index contributed by atoms with van der Waals surface area (Å²) in [6.45, 7) is 0.605. The Balaban J connectivity index is 2.70. The molecule has 0 aromatic heterocycles. The largest absolute Gasteiger partial charge is 0.508 e. The van der Waals surface area contributed by atoms with E-state index in [1.807, 2.05) is 0 Å². The smallest absolute Gasteiger partial charge is 0.122 e. The number of ether oxygens (including phenoxy) is 1. The van der Waals surface area contributed by atoms with Crippen LogP contribution in [0.5, 0.6) is 0 Å². The SMILES string of the molecule is OC1=CCCCO/C=C/C(O)=C1. The van der Waals surface area contributed by atoms with Gasteiger partial charge in [0.25, 0.3) is 0 Å². The van der Waals surface area contributed by atoms with Crippen LogP contribution >= 0.6 is 0 Å². The topological polar surface area (TPSA) is 49.7 Å². The lowest BCUT2D eigenvalue weighted by molar-refractivity contribution is 0.243. The summed E-state index contributed by atoms with van der Waals surface area (Å²) in [5, 5.41) is 18.2. The van der Waals surface area contributed by atoms with Crippen LogP contribution in [0.3, 0.4) is 0 Å². The van der Waals surface area contributed by atoms with Crippen molar-refractivity contribution in [2.75, 3.05) is 6.61 Å². The number of hydrogen-bond acceptors (Lipinski definition) is 3. The van der Waals surface area contributed by atoms with Crippen LogP contribution in [0, 0.1) is 0 Å². The first-order valence-corrected chi connectivity index (χ1v) is 3.87. The maximum Gasteiger partial charge on any atom is 0.122 e. The Kier molecular flexibility index (Phi) is 3.26. The van der Waals surface area contributed by atoms with Gasteiger partial charge in [-0.05, 0) is 18.9 Å². The van der Waals surface area contributed by atoms with Gasteiger partial charge in [-0.25, -0.2) is 0 Å². The second-order valence-corrected chi connectivity index (χ2v) is 2.51. The molecule has 3 nitrogen and oxygen atoms in total. The van der Waals surface area contributed by atoms with E-state index in [9.17, 15) is 0 Å². The molecule has 1 rings (SSSR count). The van der Waals surface area contributed by atoms with E-state index in [4.69, 9.17) is 14.9 Å². The molecule has 1 aliphatic heterocycles. The lowest BCUT2D eigenvalue weighted by Gasteiger charge is -2.01. The van der Waals surface area contributed by atoms with Crippen molar-refractivity contribution in [1.82, 2.24) is 0 Å². The van der Waals surface area contributed by atoms with E-state index in [1.54, 1.807) is 6.08 Å². The Labute approximate surface area is 71.3 Å². The summed E-state index contributed by atoms with van der Waals surface area (Å²) in [5.41, 5.74) is 0. The van der Waals surface area contributed by atoms with Gasteiger partial charge < -0.3 is 14.9 Å². The lowest BCUT2D eigenvalue weighted by Crippen LogP contribution is -1.89. The highest BCUT2D eigenvalue weighted by molar-refractivity contribution is 5.20. The molecule has 3 heteroatoms. The molecule has 1 heterocycles. The third-order valence-electron chi connectivity index (χ3n) is 1.45. The van der Waals surface area contributed by atoms with Crippen LogP contribution < -0.4 is 0 Å². The van der Waals surface area contributed by atoms with Gasteiger partial charge in [0, 0.05) is 12.2 Å². The van der Waals surface area contributed by atoms with Gasteiger partial charge in [0.15, 0.2) is 0 Å². The van der Waals surface area contributed by atoms with Crippen LogP contribution in [0.4, 0.5) is 0 Å². The fraction of sp³-hybridized carbons (Fsp3) is 0.333. The highest BCUT2D eigenvalue weighted by Gasteiger charge is 1.93. The number of allylic oxidation sites excluding steroid dienone is 3. The first kappa shape index (κ1) is 8.71.